The Kier molecular flexibility index (Phi) is 4.63. The number of benzene rings is 1. The highest BCUT2D eigenvalue weighted by atomic mass is 16.5. The lowest BCUT2D eigenvalue weighted by Gasteiger charge is -2.26. The van der Waals surface area contributed by atoms with Crippen LogP contribution in [-0.4, -0.2) is 37.0 Å². The summed E-state index contributed by atoms with van der Waals surface area (Å²) in [6.45, 7) is 3.70. The van der Waals surface area contributed by atoms with E-state index in [1.54, 1.807) is 18.2 Å². The van der Waals surface area contributed by atoms with Gasteiger partial charge in [-0.05, 0) is 44.1 Å². The summed E-state index contributed by atoms with van der Waals surface area (Å²) in [6.07, 6.45) is 3.84. The number of hydrogen-bond donors (Lipinski definition) is 2. The summed E-state index contributed by atoms with van der Waals surface area (Å²) in [5.41, 5.74) is 11.8. The number of rotatable bonds is 5. The third-order valence-electron chi connectivity index (χ3n) is 3.38. The maximum absolute atomic E-state index is 11.3. The molecule has 1 aromatic carbocycles. The predicted molar refractivity (Wildman–Crippen MR) is 75.2 cm³/mol. The maximum Gasteiger partial charge on any atom is 0.252 e. The molecule has 0 aromatic heterocycles. The van der Waals surface area contributed by atoms with Crippen LogP contribution in [0.25, 0.3) is 0 Å². The van der Waals surface area contributed by atoms with Crippen LogP contribution in [0.2, 0.25) is 0 Å². The van der Waals surface area contributed by atoms with Gasteiger partial charge in [0.15, 0.2) is 0 Å². The van der Waals surface area contributed by atoms with Gasteiger partial charge in [0.25, 0.3) is 5.91 Å². The number of primary amides is 1. The minimum Gasteiger partial charge on any atom is -0.491 e. The molecule has 1 aliphatic heterocycles. The summed E-state index contributed by atoms with van der Waals surface area (Å²) in [4.78, 5) is 13.7. The Balaban J connectivity index is 1.89. The van der Waals surface area contributed by atoms with Crippen LogP contribution in [0.3, 0.4) is 0 Å². The molecular weight excluding hydrogens is 242 g/mol. The van der Waals surface area contributed by atoms with E-state index in [1.807, 2.05) is 0 Å². The molecule has 0 bridgehead atoms. The van der Waals surface area contributed by atoms with Gasteiger partial charge in [0.1, 0.15) is 12.4 Å². The third-order valence-corrected chi connectivity index (χ3v) is 3.38. The Bertz CT molecular complexity index is 442. The van der Waals surface area contributed by atoms with Crippen molar-refractivity contribution in [3.63, 3.8) is 0 Å². The molecule has 0 saturated carbocycles. The van der Waals surface area contributed by atoms with E-state index in [1.165, 1.54) is 19.3 Å². The van der Waals surface area contributed by atoms with Crippen molar-refractivity contribution in [3.8, 4) is 5.75 Å². The average Bonchev–Trinajstić information content (AvgIpc) is 2.41. The number of carbonyl (C=O) groups excluding carboxylic acids is 1. The molecule has 0 unspecified atom stereocenters. The van der Waals surface area contributed by atoms with Gasteiger partial charge in [-0.2, -0.15) is 0 Å². The highest BCUT2D eigenvalue weighted by Gasteiger charge is 2.12. The van der Waals surface area contributed by atoms with Crippen molar-refractivity contribution in [2.45, 2.75) is 19.3 Å². The van der Waals surface area contributed by atoms with Crippen LogP contribution < -0.4 is 16.2 Å². The van der Waals surface area contributed by atoms with Gasteiger partial charge >= 0.3 is 0 Å². The Morgan fingerprint density at radius 3 is 2.68 bits per heavy atom. The first kappa shape index (κ1) is 13.7. The number of nitrogens with zero attached hydrogens (tertiary/aromatic N) is 1. The molecule has 1 saturated heterocycles. The average molecular weight is 263 g/mol. The second-order valence-corrected chi connectivity index (χ2v) is 4.87. The van der Waals surface area contributed by atoms with Gasteiger partial charge in [0, 0.05) is 12.2 Å². The topological polar surface area (TPSA) is 81.6 Å². The Hall–Kier alpha value is -1.75. The lowest BCUT2D eigenvalue weighted by Crippen LogP contribution is -2.33. The van der Waals surface area contributed by atoms with E-state index in [0.717, 1.165) is 19.6 Å². The molecule has 0 spiro atoms. The maximum atomic E-state index is 11.3. The number of hydrogen-bond acceptors (Lipinski definition) is 4. The van der Waals surface area contributed by atoms with Gasteiger partial charge in [-0.15, -0.1) is 0 Å². The normalized spacial score (nSPS) is 16.2. The zero-order valence-corrected chi connectivity index (χ0v) is 11.1. The molecule has 1 aliphatic rings. The molecule has 0 radical (unpaired) electrons. The molecule has 4 N–H and O–H groups in total. The van der Waals surface area contributed by atoms with Crippen molar-refractivity contribution >= 4 is 11.6 Å². The van der Waals surface area contributed by atoms with Gasteiger partial charge in [-0.1, -0.05) is 6.42 Å². The van der Waals surface area contributed by atoms with Gasteiger partial charge in [-0.25, -0.2) is 0 Å². The second kappa shape index (κ2) is 6.43. The Morgan fingerprint density at radius 2 is 2.00 bits per heavy atom. The van der Waals surface area contributed by atoms with E-state index in [-0.39, 0.29) is 0 Å². The van der Waals surface area contributed by atoms with Crippen LogP contribution in [0.1, 0.15) is 29.6 Å². The standard InChI is InChI=1S/C14H21N3O2/c15-11-4-5-13(12(10-11)14(16)18)19-9-8-17-6-2-1-3-7-17/h4-5,10H,1-3,6-9,15H2,(H2,16,18). The van der Waals surface area contributed by atoms with Crippen molar-refractivity contribution in [3.05, 3.63) is 23.8 Å². The molecule has 5 nitrogen and oxygen atoms in total. The SMILES string of the molecule is NC(=O)c1cc(N)ccc1OCCN1CCCCC1. The van der Waals surface area contributed by atoms with E-state index in [0.29, 0.717) is 23.6 Å². The third kappa shape index (κ3) is 3.86. The molecule has 0 aliphatic carbocycles. The lowest BCUT2D eigenvalue weighted by atomic mass is 10.1. The Morgan fingerprint density at radius 1 is 1.26 bits per heavy atom. The summed E-state index contributed by atoms with van der Waals surface area (Å²) in [7, 11) is 0. The fraction of sp³-hybridized carbons (Fsp3) is 0.500. The number of anilines is 1. The van der Waals surface area contributed by atoms with Crippen LogP contribution in [0.4, 0.5) is 5.69 Å². The van der Waals surface area contributed by atoms with Crippen molar-refractivity contribution in [1.29, 1.82) is 0 Å². The number of ether oxygens (including phenoxy) is 1. The van der Waals surface area contributed by atoms with Crippen LogP contribution in [0.5, 0.6) is 5.75 Å². The summed E-state index contributed by atoms with van der Waals surface area (Å²) < 4.78 is 5.66. The van der Waals surface area contributed by atoms with Crippen LogP contribution >= 0.6 is 0 Å². The van der Waals surface area contributed by atoms with Gasteiger partial charge in [0.2, 0.25) is 0 Å². The zero-order valence-electron chi connectivity index (χ0n) is 11.1. The number of nitrogen functional groups attached to an aromatic ring is 1. The summed E-state index contributed by atoms with van der Waals surface area (Å²) >= 11 is 0. The van der Waals surface area contributed by atoms with E-state index in [9.17, 15) is 4.79 Å². The van der Waals surface area contributed by atoms with Gasteiger partial charge in [0.05, 0.1) is 5.56 Å². The molecule has 2 rings (SSSR count). The van der Waals surface area contributed by atoms with Crippen molar-refractivity contribution in [2.75, 3.05) is 32.0 Å². The van der Waals surface area contributed by atoms with Crippen molar-refractivity contribution in [1.82, 2.24) is 4.90 Å². The molecule has 104 valence electrons. The minimum absolute atomic E-state index is 0.346. The van der Waals surface area contributed by atoms with E-state index < -0.39 is 5.91 Å². The van der Waals surface area contributed by atoms with Crippen molar-refractivity contribution in [2.24, 2.45) is 5.73 Å². The number of likely N-dealkylation sites (tertiary alicyclic amines) is 1. The van der Waals surface area contributed by atoms with Gasteiger partial charge < -0.3 is 16.2 Å². The molecule has 1 fully saturated rings. The fourth-order valence-corrected chi connectivity index (χ4v) is 2.33. The number of nitrogens with two attached hydrogens (primary N) is 2. The van der Waals surface area contributed by atoms with Gasteiger partial charge in [-0.3, -0.25) is 9.69 Å². The fourth-order valence-electron chi connectivity index (χ4n) is 2.33. The molecule has 19 heavy (non-hydrogen) atoms. The van der Waals surface area contributed by atoms with E-state index in [2.05, 4.69) is 4.90 Å². The monoisotopic (exact) mass is 263 g/mol. The first-order valence-corrected chi connectivity index (χ1v) is 6.71. The summed E-state index contributed by atoms with van der Waals surface area (Å²) in [5.74, 6) is -0.000943. The smallest absolute Gasteiger partial charge is 0.252 e. The van der Waals surface area contributed by atoms with E-state index in [4.69, 9.17) is 16.2 Å². The van der Waals surface area contributed by atoms with Crippen molar-refractivity contribution < 1.29 is 9.53 Å². The van der Waals surface area contributed by atoms with Crippen LogP contribution in [-0.2, 0) is 0 Å². The highest BCUT2D eigenvalue weighted by Crippen LogP contribution is 2.21. The quantitative estimate of drug-likeness (QED) is 0.783. The predicted octanol–water partition coefficient (Wildman–Crippen LogP) is 1.23. The molecule has 1 amide bonds. The highest BCUT2D eigenvalue weighted by molar-refractivity contribution is 5.96. The number of piperidine rings is 1. The number of carbonyl (C=O) groups is 1. The zero-order chi connectivity index (χ0) is 13.7. The first-order chi connectivity index (χ1) is 9.16. The summed E-state index contributed by atoms with van der Waals surface area (Å²) in [6, 6.07) is 4.97. The first-order valence-electron chi connectivity index (χ1n) is 6.71. The lowest BCUT2D eigenvalue weighted by molar-refractivity contribution is 0.0995. The largest absolute Gasteiger partial charge is 0.491 e. The second-order valence-electron chi connectivity index (χ2n) is 4.87. The minimum atomic E-state index is -0.514. The molecule has 5 heteroatoms. The van der Waals surface area contributed by atoms with Crippen LogP contribution in [0.15, 0.2) is 18.2 Å². The Labute approximate surface area is 113 Å². The summed E-state index contributed by atoms with van der Waals surface area (Å²) in [5, 5.41) is 0. The van der Waals surface area contributed by atoms with Crippen LogP contribution in [0, 0.1) is 0 Å². The molecule has 1 heterocycles. The van der Waals surface area contributed by atoms with E-state index >= 15 is 0 Å². The molecule has 1 aromatic rings. The molecule has 0 atom stereocenters. The number of amides is 1. The molecular formula is C14H21N3O2.